The van der Waals surface area contributed by atoms with Crippen LogP contribution in [0.25, 0.3) is 11.5 Å². The second kappa shape index (κ2) is 9.35. The Bertz CT molecular complexity index is 1030. The van der Waals surface area contributed by atoms with Crippen LogP contribution >= 0.6 is 0 Å². The van der Waals surface area contributed by atoms with E-state index in [0.717, 1.165) is 11.1 Å². The number of carbonyl (C=O) groups is 2. The fourth-order valence-electron chi connectivity index (χ4n) is 3.15. The van der Waals surface area contributed by atoms with Gasteiger partial charge in [0.1, 0.15) is 0 Å². The first-order chi connectivity index (χ1) is 14.3. The van der Waals surface area contributed by atoms with Crippen molar-refractivity contribution in [1.82, 2.24) is 15.5 Å². The Hall–Kier alpha value is -3.48. The largest absolute Gasteiger partial charge is 0.349 e. The smallest absolute Gasteiger partial charge is 0.260 e. The van der Waals surface area contributed by atoms with E-state index in [9.17, 15) is 9.59 Å². The predicted octanol–water partition coefficient (Wildman–Crippen LogP) is 4.37. The maximum absolute atomic E-state index is 12.9. The summed E-state index contributed by atoms with van der Waals surface area (Å²) >= 11 is 0. The maximum atomic E-state index is 12.9. The van der Waals surface area contributed by atoms with Gasteiger partial charge < -0.3 is 15.2 Å². The van der Waals surface area contributed by atoms with E-state index in [1.807, 2.05) is 69.3 Å². The topological polar surface area (TPSA) is 97.1 Å². The number of para-hydroxylation sites is 1. The van der Waals surface area contributed by atoms with E-state index < -0.39 is 6.04 Å². The third-order valence-electron chi connectivity index (χ3n) is 4.69. The van der Waals surface area contributed by atoms with Crippen molar-refractivity contribution >= 4 is 17.5 Å². The highest BCUT2D eigenvalue weighted by Crippen LogP contribution is 2.31. The lowest BCUT2D eigenvalue weighted by molar-refractivity contribution is -0.120. The minimum absolute atomic E-state index is 0.0957. The molecule has 0 saturated heterocycles. The van der Waals surface area contributed by atoms with Crippen LogP contribution in [0.4, 0.5) is 5.69 Å². The highest BCUT2D eigenvalue weighted by molar-refractivity contribution is 5.96. The number of hydrogen-bond donors (Lipinski definition) is 2. The molecular formula is C23H26N4O3. The van der Waals surface area contributed by atoms with Crippen LogP contribution in [0.5, 0.6) is 0 Å². The molecule has 1 atom stereocenters. The van der Waals surface area contributed by atoms with Gasteiger partial charge in [-0.1, -0.05) is 61.5 Å². The van der Waals surface area contributed by atoms with Crippen molar-refractivity contribution in [2.24, 2.45) is 0 Å². The third-order valence-corrected chi connectivity index (χ3v) is 4.69. The number of hydrogen-bond acceptors (Lipinski definition) is 5. The summed E-state index contributed by atoms with van der Waals surface area (Å²) in [5.41, 5.74) is 3.03. The second-order valence-corrected chi connectivity index (χ2v) is 7.53. The van der Waals surface area contributed by atoms with Crippen molar-refractivity contribution in [2.45, 2.75) is 46.1 Å². The highest BCUT2D eigenvalue weighted by atomic mass is 16.5. The zero-order valence-corrected chi connectivity index (χ0v) is 17.6. The summed E-state index contributed by atoms with van der Waals surface area (Å²) in [6.07, 6.45) is 0.0957. The molecule has 7 nitrogen and oxygen atoms in total. The van der Waals surface area contributed by atoms with Gasteiger partial charge in [-0.2, -0.15) is 4.98 Å². The number of aryl methyl sites for hydroxylation is 1. The molecule has 2 amide bonds. The maximum Gasteiger partial charge on any atom is 0.260 e. The normalized spacial score (nSPS) is 11.9. The Balaban J connectivity index is 1.84. The van der Waals surface area contributed by atoms with Crippen molar-refractivity contribution in [3.8, 4) is 11.5 Å². The van der Waals surface area contributed by atoms with E-state index in [-0.39, 0.29) is 24.2 Å². The Morgan fingerprint density at radius 2 is 1.80 bits per heavy atom. The van der Waals surface area contributed by atoms with E-state index >= 15 is 0 Å². The number of nitrogens with zero attached hydrogens (tertiary/aromatic N) is 2. The predicted molar refractivity (Wildman–Crippen MR) is 115 cm³/mol. The monoisotopic (exact) mass is 406 g/mol. The molecule has 30 heavy (non-hydrogen) atoms. The van der Waals surface area contributed by atoms with Gasteiger partial charge in [-0.25, -0.2) is 0 Å². The van der Waals surface area contributed by atoms with Crippen molar-refractivity contribution in [3.05, 3.63) is 65.5 Å². The van der Waals surface area contributed by atoms with E-state index in [1.165, 1.54) is 6.92 Å². The van der Waals surface area contributed by atoms with E-state index in [4.69, 9.17) is 4.52 Å². The molecule has 156 valence electrons. The summed E-state index contributed by atoms with van der Waals surface area (Å²) < 4.78 is 5.42. The molecule has 2 aromatic carbocycles. The summed E-state index contributed by atoms with van der Waals surface area (Å²) in [6, 6.07) is 14.6. The molecule has 0 radical (unpaired) electrons. The lowest BCUT2D eigenvalue weighted by atomic mass is 10.0. The second-order valence-electron chi connectivity index (χ2n) is 7.53. The Morgan fingerprint density at radius 1 is 1.07 bits per heavy atom. The van der Waals surface area contributed by atoms with Crippen LogP contribution < -0.4 is 10.6 Å². The molecule has 2 N–H and O–H groups in total. The number of amides is 2. The van der Waals surface area contributed by atoms with Crippen molar-refractivity contribution in [3.63, 3.8) is 0 Å². The number of nitrogens with one attached hydrogen (secondary N) is 2. The van der Waals surface area contributed by atoms with Gasteiger partial charge in [-0.05, 0) is 24.1 Å². The molecule has 0 aliphatic heterocycles. The Kier molecular flexibility index (Phi) is 6.61. The Morgan fingerprint density at radius 3 is 2.43 bits per heavy atom. The number of rotatable bonds is 7. The highest BCUT2D eigenvalue weighted by Gasteiger charge is 2.21. The summed E-state index contributed by atoms with van der Waals surface area (Å²) in [4.78, 5) is 29.0. The molecule has 3 rings (SSSR count). The minimum atomic E-state index is -0.424. The lowest BCUT2D eigenvalue weighted by Gasteiger charge is -2.19. The summed E-state index contributed by atoms with van der Waals surface area (Å²) in [7, 11) is 0. The molecule has 0 saturated carbocycles. The average molecular weight is 406 g/mol. The summed E-state index contributed by atoms with van der Waals surface area (Å²) in [5, 5.41) is 9.84. The fraction of sp³-hybridized carbons (Fsp3) is 0.304. The number of aromatic nitrogens is 2. The van der Waals surface area contributed by atoms with Gasteiger partial charge in [0.05, 0.1) is 23.7 Å². The summed E-state index contributed by atoms with van der Waals surface area (Å²) in [6.45, 7) is 7.31. The van der Waals surface area contributed by atoms with Gasteiger partial charge in [0.2, 0.25) is 11.8 Å². The minimum Gasteiger partial charge on any atom is -0.349 e. The first-order valence-electron chi connectivity index (χ1n) is 9.90. The first-order valence-corrected chi connectivity index (χ1v) is 9.90. The number of carbonyl (C=O) groups excluding carboxylic acids is 2. The third kappa shape index (κ3) is 5.11. The van der Waals surface area contributed by atoms with Gasteiger partial charge in [-0.3, -0.25) is 9.59 Å². The fourth-order valence-corrected chi connectivity index (χ4v) is 3.15. The first kappa shape index (κ1) is 21.2. The van der Waals surface area contributed by atoms with Gasteiger partial charge in [0.25, 0.3) is 5.89 Å². The molecule has 1 unspecified atom stereocenters. The summed E-state index contributed by atoms with van der Waals surface area (Å²) in [5.74, 6) is 0.685. The van der Waals surface area contributed by atoms with Gasteiger partial charge >= 0.3 is 0 Å². The molecule has 0 aliphatic rings. The van der Waals surface area contributed by atoms with E-state index in [0.29, 0.717) is 23.0 Å². The van der Waals surface area contributed by atoms with Gasteiger partial charge in [-0.15, -0.1) is 0 Å². The van der Waals surface area contributed by atoms with Crippen LogP contribution in [-0.4, -0.2) is 22.0 Å². The SMILES string of the molecule is CC(=O)NC(CC(=O)Nc1c(C)cccc1-c1nc(C(C)C)no1)c1ccccc1. The zero-order chi connectivity index (χ0) is 21.7. The van der Waals surface area contributed by atoms with E-state index in [1.54, 1.807) is 0 Å². The zero-order valence-electron chi connectivity index (χ0n) is 17.6. The van der Waals surface area contributed by atoms with Crippen molar-refractivity contribution < 1.29 is 14.1 Å². The van der Waals surface area contributed by atoms with Crippen LogP contribution in [0, 0.1) is 6.92 Å². The number of benzene rings is 2. The molecule has 0 spiro atoms. The average Bonchev–Trinajstić information content (AvgIpc) is 3.20. The molecule has 0 aliphatic carbocycles. The molecular weight excluding hydrogens is 380 g/mol. The molecule has 0 bridgehead atoms. The molecule has 3 aromatic rings. The van der Waals surface area contributed by atoms with Crippen LogP contribution in [0.1, 0.15) is 56.1 Å². The van der Waals surface area contributed by atoms with Crippen LogP contribution in [0.3, 0.4) is 0 Å². The molecule has 7 heteroatoms. The quantitative estimate of drug-likeness (QED) is 0.607. The van der Waals surface area contributed by atoms with Crippen molar-refractivity contribution in [1.29, 1.82) is 0 Å². The standard InChI is InChI=1S/C23H26N4O3/c1-14(2)22-26-23(30-27-22)18-12-8-9-15(3)21(18)25-20(29)13-19(24-16(4)28)17-10-6-5-7-11-17/h5-12,14,19H,13H2,1-4H3,(H,24,28)(H,25,29). The molecule has 1 aromatic heterocycles. The van der Waals surface area contributed by atoms with Crippen molar-refractivity contribution in [2.75, 3.05) is 5.32 Å². The van der Waals surface area contributed by atoms with Crippen LogP contribution in [0.2, 0.25) is 0 Å². The van der Waals surface area contributed by atoms with E-state index in [2.05, 4.69) is 20.8 Å². The molecule has 1 heterocycles. The van der Waals surface area contributed by atoms with Crippen LogP contribution in [-0.2, 0) is 9.59 Å². The lowest BCUT2D eigenvalue weighted by Crippen LogP contribution is -2.30. The Labute approximate surface area is 175 Å². The van der Waals surface area contributed by atoms with Gasteiger partial charge in [0, 0.05) is 12.8 Å². The molecule has 0 fully saturated rings. The van der Waals surface area contributed by atoms with Crippen LogP contribution in [0.15, 0.2) is 53.1 Å². The number of anilines is 1. The van der Waals surface area contributed by atoms with Gasteiger partial charge in [0.15, 0.2) is 5.82 Å².